The number of rotatable bonds is 10. The average molecular weight is 407 g/mol. The van der Waals surface area contributed by atoms with Crippen LogP contribution < -0.4 is 0 Å². The van der Waals surface area contributed by atoms with Crippen molar-refractivity contribution in [1.82, 2.24) is 0 Å². The first-order valence-electron chi connectivity index (χ1n) is 9.55. The summed E-state index contributed by atoms with van der Waals surface area (Å²) in [5, 5.41) is 9.68. The van der Waals surface area contributed by atoms with E-state index in [-0.39, 0.29) is 5.97 Å². The largest absolute Gasteiger partial charge is 0.508 e. The molecule has 1 unspecified atom stereocenters. The summed E-state index contributed by atoms with van der Waals surface area (Å²) in [4.78, 5) is 14.3. The Morgan fingerprint density at radius 1 is 1.22 bits per heavy atom. The van der Waals surface area contributed by atoms with Gasteiger partial charge in [-0.3, -0.25) is 4.79 Å². The van der Waals surface area contributed by atoms with Gasteiger partial charge in [0.25, 0.3) is 0 Å². The first kappa shape index (κ1) is 21.8. The van der Waals surface area contributed by atoms with Crippen LogP contribution in [-0.2, 0) is 21.7 Å². The molecule has 0 fully saturated rings. The average Bonchev–Trinajstić information content (AvgIpc) is 2.99. The Hall–Kier alpha value is -1.46. The number of aromatic hydroxyl groups is 1. The number of hydrogen-bond donors (Lipinski definition) is 1. The van der Waals surface area contributed by atoms with Crippen molar-refractivity contribution < 1.29 is 14.6 Å². The van der Waals surface area contributed by atoms with E-state index in [9.17, 15) is 9.90 Å². The minimum Gasteiger partial charge on any atom is -0.508 e. The van der Waals surface area contributed by atoms with Gasteiger partial charge in [-0.05, 0) is 74.8 Å². The lowest BCUT2D eigenvalue weighted by Crippen LogP contribution is -2.06. The topological polar surface area (TPSA) is 46.5 Å². The van der Waals surface area contributed by atoms with Gasteiger partial charge < -0.3 is 9.84 Å². The van der Waals surface area contributed by atoms with Crippen molar-refractivity contribution in [2.45, 2.75) is 58.6 Å². The van der Waals surface area contributed by atoms with Crippen molar-refractivity contribution in [2.75, 3.05) is 12.4 Å². The number of carbonyl (C=O) groups excluding carboxylic acids is 1. The Morgan fingerprint density at radius 3 is 2.67 bits per heavy atom. The lowest BCUT2D eigenvalue weighted by Gasteiger charge is -2.13. The number of aryl methyl sites for hydroxylation is 3. The minimum atomic E-state index is -0.132. The molecule has 2 rings (SSSR count). The summed E-state index contributed by atoms with van der Waals surface area (Å²) < 4.78 is 4.99. The highest BCUT2D eigenvalue weighted by atomic mass is 32.2. The molecule has 0 aliphatic rings. The van der Waals surface area contributed by atoms with Gasteiger partial charge in [-0.25, -0.2) is 0 Å². The number of esters is 1. The van der Waals surface area contributed by atoms with Gasteiger partial charge in [0.1, 0.15) is 5.75 Å². The second-order valence-electron chi connectivity index (χ2n) is 6.82. The second-order valence-corrected chi connectivity index (χ2v) is 8.97. The molecule has 0 saturated carbocycles. The van der Waals surface area contributed by atoms with Crippen molar-refractivity contribution in [2.24, 2.45) is 0 Å². The molecule has 27 heavy (non-hydrogen) atoms. The number of ether oxygens (including phenoxy) is 1. The molecule has 0 aliphatic carbocycles. The van der Waals surface area contributed by atoms with Crippen LogP contribution in [0.5, 0.6) is 5.75 Å². The molecule has 0 amide bonds. The van der Waals surface area contributed by atoms with Gasteiger partial charge in [-0.1, -0.05) is 19.1 Å². The molecular weight excluding hydrogens is 376 g/mol. The fourth-order valence-corrected chi connectivity index (χ4v) is 5.52. The Morgan fingerprint density at radius 2 is 2.00 bits per heavy atom. The predicted molar refractivity (Wildman–Crippen MR) is 116 cm³/mol. The van der Waals surface area contributed by atoms with E-state index in [0.717, 1.165) is 30.6 Å². The quantitative estimate of drug-likeness (QED) is 0.492. The summed E-state index contributed by atoms with van der Waals surface area (Å²) in [5.41, 5.74) is 3.54. The summed E-state index contributed by atoms with van der Waals surface area (Å²) in [6.07, 6.45) is 3.24. The van der Waals surface area contributed by atoms with Crippen molar-refractivity contribution in [1.29, 1.82) is 0 Å². The predicted octanol–water partition coefficient (Wildman–Crippen LogP) is 5.99. The highest BCUT2D eigenvalue weighted by Gasteiger charge is 2.15. The zero-order valence-corrected chi connectivity index (χ0v) is 18.3. The molecule has 2 aromatic rings. The van der Waals surface area contributed by atoms with E-state index in [1.807, 2.05) is 31.3 Å². The highest BCUT2D eigenvalue weighted by Crippen LogP contribution is 2.35. The monoisotopic (exact) mass is 406 g/mol. The molecule has 0 spiro atoms. The van der Waals surface area contributed by atoms with Crippen molar-refractivity contribution in [3.8, 4) is 5.75 Å². The standard InChI is InChI=1S/C22H30O3S2/c1-5-18(9-7-17-8-10-19(23)15(3)11-17)20-12-16(4)21(27-20)13-26-14-22(24)25-6-2/h8,10-12,18,23H,5-7,9,13-14H2,1-4H3. The summed E-state index contributed by atoms with van der Waals surface area (Å²) in [6, 6.07) is 8.21. The van der Waals surface area contributed by atoms with Crippen LogP contribution in [0.4, 0.5) is 0 Å². The maximum Gasteiger partial charge on any atom is 0.315 e. The maximum absolute atomic E-state index is 11.5. The van der Waals surface area contributed by atoms with Gasteiger partial charge >= 0.3 is 5.97 Å². The summed E-state index contributed by atoms with van der Waals surface area (Å²) in [5.74, 6) is 2.06. The van der Waals surface area contributed by atoms with Crippen LogP contribution in [0, 0.1) is 13.8 Å². The minimum absolute atomic E-state index is 0.132. The smallest absolute Gasteiger partial charge is 0.315 e. The molecule has 1 aromatic heterocycles. The Kier molecular flexibility index (Phi) is 8.71. The SMILES string of the molecule is CCOC(=O)CSCc1sc(C(CC)CCc2ccc(O)c(C)c2)cc1C. The van der Waals surface area contributed by atoms with Gasteiger partial charge in [-0.15, -0.1) is 23.1 Å². The van der Waals surface area contributed by atoms with E-state index in [2.05, 4.69) is 26.0 Å². The number of carbonyl (C=O) groups is 1. The van der Waals surface area contributed by atoms with Crippen LogP contribution in [0.2, 0.25) is 0 Å². The summed E-state index contributed by atoms with van der Waals surface area (Å²) >= 11 is 3.51. The van der Waals surface area contributed by atoms with Crippen LogP contribution in [0.15, 0.2) is 24.3 Å². The van der Waals surface area contributed by atoms with Crippen LogP contribution in [0.1, 0.15) is 59.1 Å². The van der Waals surface area contributed by atoms with E-state index >= 15 is 0 Å². The second kappa shape index (κ2) is 10.8. The lowest BCUT2D eigenvalue weighted by atomic mass is 9.94. The molecule has 1 atom stereocenters. The number of benzene rings is 1. The van der Waals surface area contributed by atoms with Crippen LogP contribution in [0.25, 0.3) is 0 Å². The highest BCUT2D eigenvalue weighted by molar-refractivity contribution is 7.99. The molecule has 0 aliphatic heterocycles. The van der Waals surface area contributed by atoms with E-state index in [0.29, 0.717) is 24.0 Å². The summed E-state index contributed by atoms with van der Waals surface area (Å²) in [7, 11) is 0. The number of phenolic OH excluding ortho intramolecular Hbond substituents is 1. The van der Waals surface area contributed by atoms with Gasteiger partial charge in [0.15, 0.2) is 0 Å². The number of thiophene rings is 1. The van der Waals surface area contributed by atoms with Gasteiger partial charge in [0, 0.05) is 15.5 Å². The zero-order valence-electron chi connectivity index (χ0n) is 16.7. The third kappa shape index (κ3) is 6.58. The number of hydrogen-bond acceptors (Lipinski definition) is 5. The first-order valence-corrected chi connectivity index (χ1v) is 11.5. The normalized spacial score (nSPS) is 12.1. The lowest BCUT2D eigenvalue weighted by molar-refractivity contribution is -0.139. The Labute approximate surface area is 171 Å². The third-order valence-electron chi connectivity index (χ3n) is 4.74. The fraction of sp³-hybridized carbons (Fsp3) is 0.500. The van der Waals surface area contributed by atoms with Crippen molar-refractivity contribution in [3.05, 3.63) is 50.7 Å². The van der Waals surface area contributed by atoms with Gasteiger partial charge in [0.05, 0.1) is 12.4 Å². The van der Waals surface area contributed by atoms with Crippen molar-refractivity contribution in [3.63, 3.8) is 0 Å². The van der Waals surface area contributed by atoms with Gasteiger partial charge in [0.2, 0.25) is 0 Å². The zero-order chi connectivity index (χ0) is 19.8. The van der Waals surface area contributed by atoms with E-state index in [1.165, 1.54) is 20.9 Å². The van der Waals surface area contributed by atoms with E-state index in [4.69, 9.17) is 4.74 Å². The van der Waals surface area contributed by atoms with Crippen LogP contribution in [0.3, 0.4) is 0 Å². The molecule has 1 heterocycles. The van der Waals surface area contributed by atoms with E-state index in [1.54, 1.807) is 17.8 Å². The molecule has 3 nitrogen and oxygen atoms in total. The summed E-state index contributed by atoms with van der Waals surface area (Å²) in [6.45, 7) is 8.63. The molecule has 0 bridgehead atoms. The molecule has 148 valence electrons. The molecule has 1 N–H and O–H groups in total. The van der Waals surface area contributed by atoms with Gasteiger partial charge in [-0.2, -0.15) is 0 Å². The number of phenols is 1. The first-order chi connectivity index (χ1) is 12.9. The Balaban J connectivity index is 1.94. The third-order valence-corrected chi connectivity index (χ3v) is 7.25. The number of thioether (sulfide) groups is 1. The molecular formula is C22H30O3S2. The molecule has 0 radical (unpaired) electrons. The van der Waals surface area contributed by atoms with Crippen molar-refractivity contribution >= 4 is 29.1 Å². The van der Waals surface area contributed by atoms with E-state index < -0.39 is 0 Å². The molecule has 5 heteroatoms. The maximum atomic E-state index is 11.5. The Bertz CT molecular complexity index is 752. The molecule has 0 saturated heterocycles. The molecule has 1 aromatic carbocycles. The van der Waals surface area contributed by atoms with Crippen LogP contribution in [-0.4, -0.2) is 23.4 Å². The fourth-order valence-electron chi connectivity index (χ4n) is 3.08. The van der Waals surface area contributed by atoms with Crippen LogP contribution >= 0.6 is 23.1 Å².